The molecule has 0 bridgehead atoms. The molecule has 2 nitrogen and oxygen atoms in total. The molecule has 2 aromatic carbocycles. The molecular weight excluding hydrogens is 246 g/mol. The van der Waals surface area contributed by atoms with Crippen molar-refractivity contribution in [3.63, 3.8) is 0 Å². The topological polar surface area (TPSA) is 21.3 Å². The summed E-state index contributed by atoms with van der Waals surface area (Å²) in [5.74, 6) is 0.950. The number of rotatable bonds is 6. The number of hydrogen-bond donors (Lipinski definition) is 1. The fourth-order valence-corrected chi connectivity index (χ4v) is 2.46. The molecule has 0 amide bonds. The van der Waals surface area contributed by atoms with Gasteiger partial charge in [-0.05, 0) is 25.0 Å². The zero-order valence-electron chi connectivity index (χ0n) is 12.5. The van der Waals surface area contributed by atoms with Gasteiger partial charge < -0.3 is 10.1 Å². The van der Waals surface area contributed by atoms with Gasteiger partial charge in [-0.25, -0.2) is 0 Å². The van der Waals surface area contributed by atoms with E-state index in [1.54, 1.807) is 7.11 Å². The minimum atomic E-state index is 0.376. The van der Waals surface area contributed by atoms with Crippen LogP contribution in [0.3, 0.4) is 0 Å². The standard InChI is InChI=1S/C18H23NO/c1-4-17(15-8-6-5-7-9-15)19-13-16-12-14(2)10-11-18(16)20-3/h5-12,17,19H,4,13H2,1-3H3. The van der Waals surface area contributed by atoms with Gasteiger partial charge in [-0.15, -0.1) is 0 Å². The van der Waals surface area contributed by atoms with E-state index in [9.17, 15) is 0 Å². The Morgan fingerprint density at radius 2 is 1.85 bits per heavy atom. The van der Waals surface area contributed by atoms with Gasteiger partial charge in [0.1, 0.15) is 5.75 Å². The van der Waals surface area contributed by atoms with E-state index in [0.29, 0.717) is 6.04 Å². The third-order valence-corrected chi connectivity index (χ3v) is 3.59. The fraction of sp³-hybridized carbons (Fsp3) is 0.333. The molecule has 1 unspecified atom stereocenters. The van der Waals surface area contributed by atoms with Crippen LogP contribution in [0.4, 0.5) is 0 Å². The third-order valence-electron chi connectivity index (χ3n) is 3.59. The SMILES string of the molecule is CCC(NCc1cc(C)ccc1OC)c1ccccc1. The monoisotopic (exact) mass is 269 g/mol. The maximum atomic E-state index is 5.43. The molecule has 2 aromatic rings. The Bertz CT molecular complexity index is 536. The van der Waals surface area contributed by atoms with Crippen molar-refractivity contribution in [1.82, 2.24) is 5.32 Å². The van der Waals surface area contributed by atoms with E-state index in [1.165, 1.54) is 16.7 Å². The number of hydrogen-bond acceptors (Lipinski definition) is 2. The first-order valence-electron chi connectivity index (χ1n) is 7.16. The van der Waals surface area contributed by atoms with Crippen molar-refractivity contribution in [2.75, 3.05) is 7.11 Å². The first-order chi connectivity index (χ1) is 9.74. The predicted octanol–water partition coefficient (Wildman–Crippen LogP) is 4.24. The Morgan fingerprint density at radius 3 is 2.50 bits per heavy atom. The molecule has 106 valence electrons. The highest BCUT2D eigenvalue weighted by molar-refractivity contribution is 5.37. The maximum Gasteiger partial charge on any atom is 0.123 e. The zero-order valence-corrected chi connectivity index (χ0v) is 12.5. The van der Waals surface area contributed by atoms with Crippen LogP contribution in [-0.2, 0) is 6.54 Å². The van der Waals surface area contributed by atoms with Gasteiger partial charge in [0.25, 0.3) is 0 Å². The number of aryl methyl sites for hydroxylation is 1. The van der Waals surface area contributed by atoms with E-state index in [1.807, 2.05) is 6.07 Å². The summed E-state index contributed by atoms with van der Waals surface area (Å²) < 4.78 is 5.43. The van der Waals surface area contributed by atoms with Crippen molar-refractivity contribution in [2.24, 2.45) is 0 Å². The van der Waals surface area contributed by atoms with E-state index in [2.05, 4.69) is 61.6 Å². The second-order valence-corrected chi connectivity index (χ2v) is 5.07. The summed E-state index contributed by atoms with van der Waals surface area (Å²) in [4.78, 5) is 0. The van der Waals surface area contributed by atoms with Crippen molar-refractivity contribution in [3.8, 4) is 5.75 Å². The van der Waals surface area contributed by atoms with E-state index in [4.69, 9.17) is 4.74 Å². The molecule has 0 heterocycles. The summed E-state index contributed by atoms with van der Waals surface area (Å²) in [5, 5.41) is 3.62. The van der Waals surface area contributed by atoms with Crippen LogP contribution in [0.15, 0.2) is 48.5 Å². The molecule has 2 rings (SSSR count). The summed E-state index contributed by atoms with van der Waals surface area (Å²) in [7, 11) is 1.72. The average Bonchev–Trinajstić information content (AvgIpc) is 2.49. The highest BCUT2D eigenvalue weighted by Crippen LogP contribution is 2.22. The molecule has 0 radical (unpaired) electrons. The van der Waals surface area contributed by atoms with Crippen LogP contribution in [0, 0.1) is 6.92 Å². The lowest BCUT2D eigenvalue weighted by Crippen LogP contribution is -2.20. The molecule has 0 aromatic heterocycles. The van der Waals surface area contributed by atoms with Crippen LogP contribution in [0.25, 0.3) is 0 Å². The Kier molecular flexibility index (Phi) is 5.19. The van der Waals surface area contributed by atoms with E-state index in [0.717, 1.165) is 18.7 Å². The molecule has 20 heavy (non-hydrogen) atoms. The van der Waals surface area contributed by atoms with Gasteiger partial charge in [-0.3, -0.25) is 0 Å². The number of methoxy groups -OCH3 is 1. The largest absolute Gasteiger partial charge is 0.496 e. The molecule has 0 saturated heterocycles. The Balaban J connectivity index is 2.09. The van der Waals surface area contributed by atoms with Crippen LogP contribution in [0.5, 0.6) is 5.75 Å². The summed E-state index contributed by atoms with van der Waals surface area (Å²) in [6, 6.07) is 17.3. The van der Waals surface area contributed by atoms with Gasteiger partial charge in [0.05, 0.1) is 7.11 Å². The molecule has 1 atom stereocenters. The molecule has 1 N–H and O–H groups in total. The molecule has 0 aliphatic rings. The summed E-state index contributed by atoms with van der Waals surface area (Å²) in [5.41, 5.74) is 3.80. The summed E-state index contributed by atoms with van der Waals surface area (Å²) in [6.45, 7) is 5.13. The lowest BCUT2D eigenvalue weighted by atomic mass is 10.0. The second kappa shape index (κ2) is 7.11. The van der Waals surface area contributed by atoms with Gasteiger partial charge >= 0.3 is 0 Å². The highest BCUT2D eigenvalue weighted by atomic mass is 16.5. The number of benzene rings is 2. The molecular formula is C18H23NO. The van der Waals surface area contributed by atoms with E-state index < -0.39 is 0 Å². The Morgan fingerprint density at radius 1 is 1.10 bits per heavy atom. The number of nitrogens with one attached hydrogen (secondary N) is 1. The maximum absolute atomic E-state index is 5.43. The first-order valence-corrected chi connectivity index (χ1v) is 7.16. The van der Waals surface area contributed by atoms with Crippen molar-refractivity contribution < 1.29 is 4.74 Å². The summed E-state index contributed by atoms with van der Waals surface area (Å²) in [6.07, 6.45) is 1.07. The molecule has 2 heteroatoms. The Hall–Kier alpha value is -1.80. The van der Waals surface area contributed by atoms with Gasteiger partial charge in [0.2, 0.25) is 0 Å². The van der Waals surface area contributed by atoms with Crippen LogP contribution >= 0.6 is 0 Å². The minimum absolute atomic E-state index is 0.376. The van der Waals surface area contributed by atoms with Gasteiger partial charge in [0, 0.05) is 18.2 Å². The average molecular weight is 269 g/mol. The van der Waals surface area contributed by atoms with E-state index >= 15 is 0 Å². The second-order valence-electron chi connectivity index (χ2n) is 5.07. The van der Waals surface area contributed by atoms with Crippen molar-refractivity contribution in [1.29, 1.82) is 0 Å². The molecule has 0 aliphatic heterocycles. The van der Waals surface area contributed by atoms with Crippen molar-refractivity contribution in [2.45, 2.75) is 32.9 Å². The van der Waals surface area contributed by atoms with Crippen LogP contribution in [0.2, 0.25) is 0 Å². The normalized spacial score (nSPS) is 12.2. The van der Waals surface area contributed by atoms with Crippen LogP contribution < -0.4 is 10.1 Å². The van der Waals surface area contributed by atoms with Crippen molar-refractivity contribution in [3.05, 3.63) is 65.2 Å². The molecule has 0 fully saturated rings. The van der Waals surface area contributed by atoms with E-state index in [-0.39, 0.29) is 0 Å². The Labute approximate surface area is 121 Å². The quantitative estimate of drug-likeness (QED) is 0.846. The third kappa shape index (κ3) is 3.61. The zero-order chi connectivity index (χ0) is 14.4. The number of ether oxygens (including phenoxy) is 1. The molecule has 0 saturated carbocycles. The van der Waals surface area contributed by atoms with Crippen molar-refractivity contribution >= 4 is 0 Å². The van der Waals surface area contributed by atoms with Gasteiger partial charge in [-0.2, -0.15) is 0 Å². The lowest BCUT2D eigenvalue weighted by molar-refractivity contribution is 0.404. The van der Waals surface area contributed by atoms with Gasteiger partial charge in [0.15, 0.2) is 0 Å². The minimum Gasteiger partial charge on any atom is -0.496 e. The lowest BCUT2D eigenvalue weighted by Gasteiger charge is -2.18. The predicted molar refractivity (Wildman–Crippen MR) is 84.0 cm³/mol. The smallest absolute Gasteiger partial charge is 0.123 e. The summed E-state index contributed by atoms with van der Waals surface area (Å²) >= 11 is 0. The fourth-order valence-electron chi connectivity index (χ4n) is 2.46. The van der Waals surface area contributed by atoms with Crippen LogP contribution in [-0.4, -0.2) is 7.11 Å². The molecule has 0 spiro atoms. The highest BCUT2D eigenvalue weighted by Gasteiger charge is 2.10. The van der Waals surface area contributed by atoms with Gasteiger partial charge in [-0.1, -0.05) is 55.0 Å². The first kappa shape index (κ1) is 14.6. The van der Waals surface area contributed by atoms with Crippen LogP contribution in [0.1, 0.15) is 36.1 Å². The molecule has 0 aliphatic carbocycles.